The summed E-state index contributed by atoms with van der Waals surface area (Å²) < 4.78 is 10.1. The maximum atomic E-state index is 12.3. The van der Waals surface area contributed by atoms with Crippen molar-refractivity contribution in [2.24, 2.45) is 0 Å². The average molecular weight is 405 g/mol. The SMILES string of the molecule is CCOC(=O)c1c(NC(=O)COC(=O)c2ccc(CO)cc2)sc(C)c1CC. The molecule has 0 saturated carbocycles. The molecule has 0 atom stereocenters. The van der Waals surface area contributed by atoms with E-state index in [9.17, 15) is 14.4 Å². The van der Waals surface area contributed by atoms with Crippen LogP contribution in [0.15, 0.2) is 24.3 Å². The predicted octanol–water partition coefficient (Wildman–Crippen LogP) is 3.08. The van der Waals surface area contributed by atoms with Gasteiger partial charge in [-0.05, 0) is 43.5 Å². The van der Waals surface area contributed by atoms with Crippen molar-refractivity contribution in [1.82, 2.24) is 0 Å². The molecule has 0 radical (unpaired) electrons. The molecule has 2 aromatic rings. The fraction of sp³-hybridized carbons (Fsp3) is 0.350. The third-order valence-corrected chi connectivity index (χ3v) is 5.06. The van der Waals surface area contributed by atoms with E-state index in [1.54, 1.807) is 19.1 Å². The molecule has 0 aliphatic heterocycles. The van der Waals surface area contributed by atoms with Crippen molar-refractivity contribution in [2.75, 3.05) is 18.5 Å². The van der Waals surface area contributed by atoms with Crippen LogP contribution in [0, 0.1) is 6.92 Å². The molecule has 0 spiro atoms. The third kappa shape index (κ3) is 5.17. The average Bonchev–Trinajstić information content (AvgIpc) is 3.01. The fourth-order valence-electron chi connectivity index (χ4n) is 2.64. The van der Waals surface area contributed by atoms with Crippen molar-refractivity contribution in [1.29, 1.82) is 0 Å². The van der Waals surface area contributed by atoms with Gasteiger partial charge in [0.05, 0.1) is 24.3 Å². The number of nitrogens with one attached hydrogen (secondary N) is 1. The van der Waals surface area contributed by atoms with Gasteiger partial charge in [-0.2, -0.15) is 0 Å². The number of benzene rings is 1. The van der Waals surface area contributed by atoms with Crippen molar-refractivity contribution >= 4 is 34.2 Å². The Morgan fingerprint density at radius 2 is 1.75 bits per heavy atom. The number of esters is 2. The summed E-state index contributed by atoms with van der Waals surface area (Å²) in [5.41, 5.74) is 2.13. The van der Waals surface area contributed by atoms with Gasteiger partial charge in [0.15, 0.2) is 6.61 Å². The number of hydrogen-bond donors (Lipinski definition) is 2. The minimum absolute atomic E-state index is 0.124. The second kappa shape index (κ2) is 10.0. The summed E-state index contributed by atoms with van der Waals surface area (Å²) in [6, 6.07) is 6.23. The molecule has 0 fully saturated rings. The molecule has 7 nitrogen and oxygen atoms in total. The van der Waals surface area contributed by atoms with Gasteiger partial charge < -0.3 is 19.9 Å². The molecular weight excluding hydrogens is 382 g/mol. The van der Waals surface area contributed by atoms with E-state index in [0.717, 1.165) is 10.4 Å². The molecule has 0 bridgehead atoms. The van der Waals surface area contributed by atoms with Crippen molar-refractivity contribution in [3.8, 4) is 0 Å². The van der Waals surface area contributed by atoms with Crippen LogP contribution < -0.4 is 5.32 Å². The van der Waals surface area contributed by atoms with Gasteiger partial charge in [-0.25, -0.2) is 9.59 Å². The van der Waals surface area contributed by atoms with Crippen LogP contribution in [0.1, 0.15) is 50.6 Å². The standard InChI is InChI=1S/C20H23NO6S/c1-4-15-12(3)28-18(17(15)20(25)26-5-2)21-16(23)11-27-19(24)14-8-6-13(10-22)7-9-14/h6-9,22H,4-5,10-11H2,1-3H3,(H,21,23). The quantitative estimate of drug-likeness (QED) is 0.655. The maximum absolute atomic E-state index is 12.3. The zero-order valence-corrected chi connectivity index (χ0v) is 16.9. The van der Waals surface area contributed by atoms with E-state index in [2.05, 4.69) is 5.32 Å². The lowest BCUT2D eigenvalue weighted by molar-refractivity contribution is -0.119. The molecule has 2 rings (SSSR count). The maximum Gasteiger partial charge on any atom is 0.341 e. The Labute approximate surface area is 167 Å². The fourth-order valence-corrected chi connectivity index (χ4v) is 3.78. The minimum Gasteiger partial charge on any atom is -0.462 e. The Morgan fingerprint density at radius 1 is 1.07 bits per heavy atom. The van der Waals surface area contributed by atoms with Gasteiger partial charge in [-0.15, -0.1) is 11.3 Å². The molecule has 0 aliphatic carbocycles. The van der Waals surface area contributed by atoms with Crippen LogP contribution >= 0.6 is 11.3 Å². The summed E-state index contributed by atoms with van der Waals surface area (Å²) in [6.45, 7) is 5.14. The second-order valence-corrected chi connectivity index (χ2v) is 7.12. The molecule has 150 valence electrons. The first kappa shape index (κ1) is 21.6. The van der Waals surface area contributed by atoms with E-state index >= 15 is 0 Å². The van der Waals surface area contributed by atoms with Gasteiger partial charge in [0.25, 0.3) is 5.91 Å². The van der Waals surface area contributed by atoms with E-state index in [-0.39, 0.29) is 18.8 Å². The summed E-state index contributed by atoms with van der Waals surface area (Å²) >= 11 is 1.29. The summed E-state index contributed by atoms with van der Waals surface area (Å²) in [7, 11) is 0. The van der Waals surface area contributed by atoms with Crippen molar-refractivity contribution in [3.05, 3.63) is 51.4 Å². The van der Waals surface area contributed by atoms with E-state index in [1.807, 2.05) is 13.8 Å². The Morgan fingerprint density at radius 3 is 2.32 bits per heavy atom. The molecule has 1 aromatic heterocycles. The molecule has 0 unspecified atom stereocenters. The van der Waals surface area contributed by atoms with Crippen LogP contribution in [0.3, 0.4) is 0 Å². The molecule has 2 N–H and O–H groups in total. The molecule has 0 saturated heterocycles. The van der Waals surface area contributed by atoms with E-state index < -0.39 is 24.5 Å². The summed E-state index contributed by atoms with van der Waals surface area (Å²) in [6.07, 6.45) is 0.630. The Kier molecular flexibility index (Phi) is 7.71. The van der Waals surface area contributed by atoms with Crippen molar-refractivity contribution in [3.63, 3.8) is 0 Å². The van der Waals surface area contributed by atoms with Crippen LogP contribution in [-0.4, -0.2) is 36.2 Å². The number of aliphatic hydroxyl groups excluding tert-OH is 1. The largest absolute Gasteiger partial charge is 0.462 e. The minimum atomic E-state index is -0.651. The van der Waals surface area contributed by atoms with Crippen molar-refractivity contribution < 1.29 is 29.0 Å². The van der Waals surface area contributed by atoms with Gasteiger partial charge >= 0.3 is 11.9 Å². The monoisotopic (exact) mass is 405 g/mol. The van der Waals surface area contributed by atoms with Gasteiger partial charge in [0.2, 0.25) is 0 Å². The lowest BCUT2D eigenvalue weighted by Gasteiger charge is -2.09. The van der Waals surface area contributed by atoms with Crippen molar-refractivity contribution in [2.45, 2.75) is 33.8 Å². The van der Waals surface area contributed by atoms with Crippen LogP contribution in [0.4, 0.5) is 5.00 Å². The van der Waals surface area contributed by atoms with Crippen LogP contribution in [0.25, 0.3) is 0 Å². The normalized spacial score (nSPS) is 10.4. The number of ether oxygens (including phenoxy) is 2. The first-order chi connectivity index (χ1) is 13.4. The Bertz CT molecular complexity index is 856. The van der Waals surface area contributed by atoms with Crippen LogP contribution in [0.2, 0.25) is 0 Å². The molecule has 8 heteroatoms. The summed E-state index contributed by atoms with van der Waals surface area (Å²) in [5, 5.41) is 12.0. The predicted molar refractivity (Wildman–Crippen MR) is 106 cm³/mol. The van der Waals surface area contributed by atoms with Gasteiger partial charge in [-0.1, -0.05) is 19.1 Å². The van der Waals surface area contributed by atoms with E-state index in [0.29, 0.717) is 22.5 Å². The molecule has 1 amide bonds. The van der Waals surface area contributed by atoms with E-state index in [4.69, 9.17) is 14.6 Å². The zero-order chi connectivity index (χ0) is 20.7. The number of thiophene rings is 1. The highest BCUT2D eigenvalue weighted by molar-refractivity contribution is 7.16. The van der Waals surface area contributed by atoms with Gasteiger partial charge in [0, 0.05) is 4.88 Å². The van der Waals surface area contributed by atoms with E-state index in [1.165, 1.54) is 23.5 Å². The highest BCUT2D eigenvalue weighted by Crippen LogP contribution is 2.34. The number of aryl methyl sites for hydroxylation is 1. The summed E-state index contributed by atoms with van der Waals surface area (Å²) in [5.74, 6) is -1.68. The van der Waals surface area contributed by atoms with Gasteiger partial charge in [-0.3, -0.25) is 4.79 Å². The molecular formula is C20H23NO6S. The molecule has 28 heavy (non-hydrogen) atoms. The number of aliphatic hydroxyl groups is 1. The Hall–Kier alpha value is -2.71. The lowest BCUT2D eigenvalue weighted by Crippen LogP contribution is -2.22. The first-order valence-electron chi connectivity index (χ1n) is 8.87. The summed E-state index contributed by atoms with van der Waals surface area (Å²) in [4.78, 5) is 37.4. The van der Waals surface area contributed by atoms with Gasteiger partial charge in [0.1, 0.15) is 5.00 Å². The Balaban J connectivity index is 2.04. The number of carbonyl (C=O) groups excluding carboxylic acids is 3. The second-order valence-electron chi connectivity index (χ2n) is 5.89. The number of hydrogen-bond acceptors (Lipinski definition) is 7. The lowest BCUT2D eigenvalue weighted by atomic mass is 10.1. The van der Waals surface area contributed by atoms with Crippen LogP contribution in [-0.2, 0) is 27.3 Å². The number of amides is 1. The first-order valence-corrected chi connectivity index (χ1v) is 9.69. The zero-order valence-electron chi connectivity index (χ0n) is 16.0. The third-order valence-electron chi connectivity index (χ3n) is 4.00. The smallest absolute Gasteiger partial charge is 0.341 e. The number of carbonyl (C=O) groups is 3. The topological polar surface area (TPSA) is 102 Å². The molecule has 0 aliphatic rings. The number of rotatable bonds is 8. The molecule has 1 aromatic carbocycles. The highest BCUT2D eigenvalue weighted by atomic mass is 32.1. The number of anilines is 1. The van der Waals surface area contributed by atoms with Crippen LogP contribution in [0.5, 0.6) is 0 Å². The molecule has 1 heterocycles. The highest BCUT2D eigenvalue weighted by Gasteiger charge is 2.23.